The Morgan fingerprint density at radius 3 is 2.55 bits per heavy atom. The highest BCUT2D eigenvalue weighted by atomic mass is 32.1. The third-order valence-electron chi connectivity index (χ3n) is 3.37. The van der Waals surface area contributed by atoms with Crippen molar-refractivity contribution in [2.75, 3.05) is 31.1 Å². The first-order valence-corrected chi connectivity index (χ1v) is 7.61. The SMILES string of the molecule is NCc1nc(CN2CCN(c3ncccn3)CC2)cs1. The average Bonchev–Trinajstić information content (AvgIpc) is 2.97. The van der Waals surface area contributed by atoms with Crippen molar-refractivity contribution >= 4 is 17.3 Å². The summed E-state index contributed by atoms with van der Waals surface area (Å²) in [5, 5.41) is 3.12. The van der Waals surface area contributed by atoms with Gasteiger partial charge in [-0.2, -0.15) is 0 Å². The standard InChI is InChI=1S/C13H18N6S/c14-8-12-17-11(10-20-12)9-18-4-6-19(7-5-18)13-15-2-1-3-16-13/h1-3,10H,4-9,14H2. The minimum absolute atomic E-state index is 0.532. The van der Waals surface area contributed by atoms with Gasteiger partial charge < -0.3 is 10.6 Å². The molecule has 0 unspecified atom stereocenters. The van der Waals surface area contributed by atoms with Crippen molar-refractivity contribution in [3.05, 3.63) is 34.5 Å². The zero-order chi connectivity index (χ0) is 13.8. The molecule has 0 amide bonds. The summed E-state index contributed by atoms with van der Waals surface area (Å²) < 4.78 is 0. The first-order chi connectivity index (χ1) is 9.85. The summed E-state index contributed by atoms with van der Waals surface area (Å²) in [6.45, 7) is 5.36. The molecule has 0 aromatic carbocycles. The van der Waals surface area contributed by atoms with Crippen LogP contribution in [0.4, 0.5) is 5.95 Å². The second kappa shape index (κ2) is 6.25. The van der Waals surface area contributed by atoms with Gasteiger partial charge >= 0.3 is 0 Å². The van der Waals surface area contributed by atoms with Crippen LogP contribution in [0.25, 0.3) is 0 Å². The zero-order valence-corrected chi connectivity index (χ0v) is 12.1. The van der Waals surface area contributed by atoms with Gasteiger partial charge in [0.25, 0.3) is 0 Å². The quantitative estimate of drug-likeness (QED) is 0.894. The predicted octanol–water partition coefficient (Wildman–Crippen LogP) is 0.714. The molecule has 1 aliphatic heterocycles. The van der Waals surface area contributed by atoms with Crippen molar-refractivity contribution < 1.29 is 0 Å². The molecular weight excluding hydrogens is 272 g/mol. The molecule has 0 aliphatic carbocycles. The van der Waals surface area contributed by atoms with Crippen LogP contribution in [0, 0.1) is 0 Å². The summed E-state index contributed by atoms with van der Waals surface area (Å²) in [6.07, 6.45) is 3.58. The monoisotopic (exact) mass is 290 g/mol. The number of nitrogens with zero attached hydrogens (tertiary/aromatic N) is 5. The van der Waals surface area contributed by atoms with Crippen molar-refractivity contribution in [3.63, 3.8) is 0 Å². The van der Waals surface area contributed by atoms with Gasteiger partial charge in [-0.05, 0) is 6.07 Å². The van der Waals surface area contributed by atoms with Crippen LogP contribution in [0.15, 0.2) is 23.8 Å². The molecule has 3 rings (SSSR count). The predicted molar refractivity (Wildman–Crippen MR) is 79.5 cm³/mol. The molecule has 0 saturated carbocycles. The molecule has 6 nitrogen and oxygen atoms in total. The Hall–Kier alpha value is -1.57. The van der Waals surface area contributed by atoms with Crippen molar-refractivity contribution in [1.82, 2.24) is 19.9 Å². The van der Waals surface area contributed by atoms with Crippen LogP contribution < -0.4 is 10.6 Å². The number of hydrogen-bond donors (Lipinski definition) is 1. The van der Waals surface area contributed by atoms with E-state index in [4.69, 9.17) is 5.73 Å². The molecule has 0 radical (unpaired) electrons. The number of thiazole rings is 1. The van der Waals surface area contributed by atoms with E-state index >= 15 is 0 Å². The summed E-state index contributed by atoms with van der Waals surface area (Å²) >= 11 is 1.64. The van der Waals surface area contributed by atoms with Gasteiger partial charge in [-0.1, -0.05) is 0 Å². The Labute approximate surface area is 122 Å². The maximum absolute atomic E-state index is 5.59. The highest BCUT2D eigenvalue weighted by Crippen LogP contribution is 2.14. The molecule has 0 atom stereocenters. The van der Waals surface area contributed by atoms with Gasteiger partial charge in [0.1, 0.15) is 5.01 Å². The van der Waals surface area contributed by atoms with E-state index in [-0.39, 0.29) is 0 Å². The molecule has 2 aromatic heterocycles. The van der Waals surface area contributed by atoms with Crippen LogP contribution in [0.3, 0.4) is 0 Å². The van der Waals surface area contributed by atoms with Crippen molar-refractivity contribution in [1.29, 1.82) is 0 Å². The van der Waals surface area contributed by atoms with Crippen molar-refractivity contribution in [2.45, 2.75) is 13.1 Å². The summed E-state index contributed by atoms with van der Waals surface area (Å²) in [5.74, 6) is 0.825. The van der Waals surface area contributed by atoms with E-state index in [2.05, 4.69) is 30.1 Å². The van der Waals surface area contributed by atoms with Gasteiger partial charge in [0.05, 0.1) is 5.69 Å². The number of hydrogen-bond acceptors (Lipinski definition) is 7. The third-order valence-corrected chi connectivity index (χ3v) is 4.29. The molecule has 1 saturated heterocycles. The number of anilines is 1. The molecule has 0 bridgehead atoms. The number of piperazine rings is 1. The fourth-order valence-corrected chi connectivity index (χ4v) is 2.97. The first kappa shape index (κ1) is 13.4. The van der Waals surface area contributed by atoms with Gasteiger partial charge in [0.2, 0.25) is 5.95 Å². The van der Waals surface area contributed by atoms with Gasteiger partial charge in [-0.3, -0.25) is 4.90 Å². The smallest absolute Gasteiger partial charge is 0.225 e. The molecule has 0 spiro atoms. The lowest BCUT2D eigenvalue weighted by molar-refractivity contribution is 0.246. The number of aromatic nitrogens is 3. The van der Waals surface area contributed by atoms with Gasteiger partial charge in [0.15, 0.2) is 0 Å². The fourth-order valence-electron chi connectivity index (χ4n) is 2.30. The molecule has 3 heterocycles. The van der Waals surface area contributed by atoms with E-state index in [0.29, 0.717) is 6.54 Å². The largest absolute Gasteiger partial charge is 0.338 e. The minimum atomic E-state index is 0.532. The second-order valence-electron chi connectivity index (χ2n) is 4.75. The highest BCUT2D eigenvalue weighted by Gasteiger charge is 2.19. The Balaban J connectivity index is 1.53. The highest BCUT2D eigenvalue weighted by molar-refractivity contribution is 7.09. The lowest BCUT2D eigenvalue weighted by Gasteiger charge is -2.34. The Morgan fingerprint density at radius 1 is 1.15 bits per heavy atom. The van der Waals surface area contributed by atoms with Crippen LogP contribution in [-0.2, 0) is 13.1 Å². The third kappa shape index (κ3) is 3.12. The molecule has 1 aliphatic rings. The van der Waals surface area contributed by atoms with Crippen LogP contribution in [-0.4, -0.2) is 46.0 Å². The average molecular weight is 290 g/mol. The fraction of sp³-hybridized carbons (Fsp3) is 0.462. The van der Waals surface area contributed by atoms with E-state index in [9.17, 15) is 0 Å². The lowest BCUT2D eigenvalue weighted by Crippen LogP contribution is -2.46. The minimum Gasteiger partial charge on any atom is -0.338 e. The summed E-state index contributed by atoms with van der Waals surface area (Å²) in [4.78, 5) is 17.7. The maximum atomic E-state index is 5.59. The Kier molecular flexibility index (Phi) is 4.19. The van der Waals surface area contributed by atoms with E-state index in [1.165, 1.54) is 0 Å². The Morgan fingerprint density at radius 2 is 1.90 bits per heavy atom. The van der Waals surface area contributed by atoms with E-state index in [1.807, 2.05) is 6.07 Å². The van der Waals surface area contributed by atoms with Crippen molar-refractivity contribution in [3.8, 4) is 0 Å². The first-order valence-electron chi connectivity index (χ1n) is 6.73. The molecule has 20 heavy (non-hydrogen) atoms. The summed E-state index contributed by atoms with van der Waals surface area (Å²) in [5.41, 5.74) is 6.72. The molecule has 2 N–H and O–H groups in total. The lowest BCUT2D eigenvalue weighted by atomic mass is 10.3. The van der Waals surface area contributed by atoms with E-state index < -0.39 is 0 Å². The van der Waals surface area contributed by atoms with Crippen LogP contribution in [0.5, 0.6) is 0 Å². The molecule has 1 fully saturated rings. The van der Waals surface area contributed by atoms with Crippen LogP contribution >= 0.6 is 11.3 Å². The van der Waals surface area contributed by atoms with Crippen molar-refractivity contribution in [2.24, 2.45) is 5.73 Å². The van der Waals surface area contributed by atoms with E-state index in [0.717, 1.165) is 49.4 Å². The Bertz CT molecular complexity index is 535. The van der Waals surface area contributed by atoms with Gasteiger partial charge in [0, 0.05) is 57.0 Å². The molecule has 7 heteroatoms. The van der Waals surface area contributed by atoms with Gasteiger partial charge in [-0.15, -0.1) is 11.3 Å². The number of nitrogens with two attached hydrogens (primary N) is 1. The topological polar surface area (TPSA) is 71.2 Å². The number of rotatable bonds is 4. The van der Waals surface area contributed by atoms with Gasteiger partial charge in [-0.25, -0.2) is 15.0 Å². The molecule has 106 valence electrons. The maximum Gasteiger partial charge on any atom is 0.225 e. The normalized spacial score (nSPS) is 16.6. The molecular formula is C13H18N6S. The second-order valence-corrected chi connectivity index (χ2v) is 5.69. The van der Waals surface area contributed by atoms with E-state index in [1.54, 1.807) is 23.7 Å². The zero-order valence-electron chi connectivity index (χ0n) is 11.3. The van der Waals surface area contributed by atoms with Crippen LogP contribution in [0.2, 0.25) is 0 Å². The summed E-state index contributed by atoms with van der Waals surface area (Å²) in [7, 11) is 0. The van der Waals surface area contributed by atoms with Crippen LogP contribution in [0.1, 0.15) is 10.7 Å². The molecule has 2 aromatic rings. The summed E-state index contributed by atoms with van der Waals surface area (Å²) in [6, 6.07) is 1.84.